The number of nitrogens with zero attached hydrogens (tertiary/aromatic N) is 1. The summed E-state index contributed by atoms with van der Waals surface area (Å²) in [6.45, 7) is 1.24. The highest BCUT2D eigenvalue weighted by Crippen LogP contribution is 2.47. The quantitative estimate of drug-likeness (QED) is 0.851. The number of hydrogen-bond acceptors (Lipinski definition) is 4. The van der Waals surface area contributed by atoms with E-state index in [-0.39, 0.29) is 23.7 Å². The van der Waals surface area contributed by atoms with E-state index in [1.807, 2.05) is 11.4 Å². The number of aromatic nitrogens is 1. The number of thiazole rings is 1. The highest BCUT2D eigenvalue weighted by atomic mass is 35.5. The van der Waals surface area contributed by atoms with Crippen LogP contribution in [0, 0.1) is 0 Å². The van der Waals surface area contributed by atoms with Crippen LogP contribution >= 0.6 is 23.7 Å². The normalized spacial score (nSPS) is 15.0. The van der Waals surface area contributed by atoms with E-state index in [1.165, 1.54) is 16.9 Å². The molecule has 1 aliphatic carbocycles. The van der Waals surface area contributed by atoms with Crippen molar-refractivity contribution < 1.29 is 4.79 Å². The summed E-state index contributed by atoms with van der Waals surface area (Å²) in [6.07, 6.45) is 2.99. The molecule has 1 fully saturated rings. The van der Waals surface area contributed by atoms with Gasteiger partial charge in [-0.3, -0.25) is 4.79 Å². The van der Waals surface area contributed by atoms with Gasteiger partial charge in [0.2, 0.25) is 0 Å². The Bertz CT molecular complexity index is 625. The predicted molar refractivity (Wildman–Crippen MR) is 91.8 cm³/mol. The molecule has 4 nitrogen and oxygen atoms in total. The maximum absolute atomic E-state index is 12.2. The fourth-order valence-corrected chi connectivity index (χ4v) is 3.30. The molecule has 1 heterocycles. The maximum atomic E-state index is 12.2. The number of carbonyl (C=O) groups is 1. The van der Waals surface area contributed by atoms with Crippen molar-refractivity contribution in [3.8, 4) is 0 Å². The van der Waals surface area contributed by atoms with Gasteiger partial charge in [0.05, 0.1) is 5.01 Å². The van der Waals surface area contributed by atoms with Gasteiger partial charge in [-0.15, -0.1) is 23.7 Å². The molecular formula is C16H20ClN3OS. The topological polar surface area (TPSA) is 68.0 Å². The van der Waals surface area contributed by atoms with E-state index in [4.69, 9.17) is 5.73 Å². The SMILES string of the molecule is Cl.NCCc1nc(C(=O)NCC2(c3ccccc3)CC2)cs1. The molecule has 1 amide bonds. The molecule has 22 heavy (non-hydrogen) atoms. The number of halogens is 1. The third-order valence-corrected chi connectivity index (χ3v) is 4.88. The number of carbonyl (C=O) groups excluding carboxylic acids is 1. The molecule has 0 radical (unpaired) electrons. The van der Waals surface area contributed by atoms with Gasteiger partial charge in [0.1, 0.15) is 5.69 Å². The molecule has 6 heteroatoms. The Labute approximate surface area is 140 Å². The number of nitrogens with two attached hydrogens (primary N) is 1. The fourth-order valence-electron chi connectivity index (χ4n) is 2.50. The van der Waals surface area contributed by atoms with Gasteiger partial charge in [0.15, 0.2) is 0 Å². The third kappa shape index (κ3) is 3.66. The molecule has 0 unspecified atom stereocenters. The van der Waals surface area contributed by atoms with Gasteiger partial charge in [0, 0.05) is 23.8 Å². The Balaban J connectivity index is 0.00000176. The van der Waals surface area contributed by atoms with Crippen LogP contribution < -0.4 is 11.1 Å². The fraction of sp³-hybridized carbons (Fsp3) is 0.375. The summed E-state index contributed by atoms with van der Waals surface area (Å²) in [6, 6.07) is 10.4. The van der Waals surface area contributed by atoms with E-state index in [0.29, 0.717) is 18.8 Å². The van der Waals surface area contributed by atoms with E-state index in [1.54, 1.807) is 0 Å². The summed E-state index contributed by atoms with van der Waals surface area (Å²) in [5, 5.41) is 5.76. The smallest absolute Gasteiger partial charge is 0.270 e. The monoisotopic (exact) mass is 337 g/mol. The molecule has 0 spiro atoms. The summed E-state index contributed by atoms with van der Waals surface area (Å²) in [4.78, 5) is 16.5. The molecule has 3 N–H and O–H groups in total. The Morgan fingerprint density at radius 1 is 1.32 bits per heavy atom. The van der Waals surface area contributed by atoms with E-state index in [9.17, 15) is 4.79 Å². The molecule has 1 aromatic heterocycles. The van der Waals surface area contributed by atoms with Gasteiger partial charge in [-0.1, -0.05) is 30.3 Å². The van der Waals surface area contributed by atoms with Gasteiger partial charge in [-0.05, 0) is 24.9 Å². The van der Waals surface area contributed by atoms with Crippen molar-refractivity contribution in [2.75, 3.05) is 13.1 Å². The molecule has 3 rings (SSSR count). The number of rotatable bonds is 6. The van der Waals surface area contributed by atoms with Crippen LogP contribution in [-0.4, -0.2) is 24.0 Å². The van der Waals surface area contributed by atoms with Crippen molar-refractivity contribution in [1.29, 1.82) is 0 Å². The van der Waals surface area contributed by atoms with Crippen LogP contribution in [0.1, 0.15) is 33.9 Å². The molecule has 0 atom stereocenters. The van der Waals surface area contributed by atoms with Gasteiger partial charge < -0.3 is 11.1 Å². The average Bonchev–Trinajstić information content (AvgIpc) is 3.17. The second-order valence-corrected chi connectivity index (χ2v) is 6.44. The van der Waals surface area contributed by atoms with Gasteiger partial charge in [-0.2, -0.15) is 0 Å². The number of amides is 1. The lowest BCUT2D eigenvalue weighted by molar-refractivity contribution is 0.0945. The lowest BCUT2D eigenvalue weighted by Crippen LogP contribution is -2.32. The predicted octanol–water partition coefficient (Wildman–Crippen LogP) is 2.53. The van der Waals surface area contributed by atoms with Crippen LogP contribution in [0.15, 0.2) is 35.7 Å². The van der Waals surface area contributed by atoms with Crippen LogP contribution in [0.5, 0.6) is 0 Å². The van der Waals surface area contributed by atoms with Crippen molar-refractivity contribution in [3.05, 3.63) is 52.0 Å². The second-order valence-electron chi connectivity index (χ2n) is 5.49. The van der Waals surface area contributed by atoms with Crippen LogP contribution in [0.2, 0.25) is 0 Å². The zero-order valence-corrected chi connectivity index (χ0v) is 13.9. The van der Waals surface area contributed by atoms with Crippen molar-refractivity contribution in [2.24, 2.45) is 5.73 Å². The van der Waals surface area contributed by atoms with Crippen molar-refractivity contribution in [3.63, 3.8) is 0 Å². The Kier molecular flexibility index (Phi) is 5.56. The van der Waals surface area contributed by atoms with Crippen molar-refractivity contribution in [2.45, 2.75) is 24.7 Å². The highest BCUT2D eigenvalue weighted by Gasteiger charge is 2.44. The summed E-state index contributed by atoms with van der Waals surface area (Å²) in [7, 11) is 0. The molecule has 0 bridgehead atoms. The van der Waals surface area contributed by atoms with E-state index in [0.717, 1.165) is 24.3 Å². The maximum Gasteiger partial charge on any atom is 0.270 e. The lowest BCUT2D eigenvalue weighted by Gasteiger charge is -2.16. The number of benzene rings is 1. The minimum atomic E-state index is -0.0864. The molecule has 0 aliphatic heterocycles. The van der Waals surface area contributed by atoms with Crippen LogP contribution in [-0.2, 0) is 11.8 Å². The standard InChI is InChI=1S/C16H19N3OS.ClH/c17-9-6-14-19-13(10-21-14)15(20)18-11-16(7-8-16)12-4-2-1-3-5-12;/h1-5,10H,6-9,11,17H2,(H,18,20);1H. The molecule has 2 aromatic rings. The largest absolute Gasteiger partial charge is 0.350 e. The van der Waals surface area contributed by atoms with Crippen molar-refractivity contribution in [1.82, 2.24) is 10.3 Å². The first-order valence-electron chi connectivity index (χ1n) is 7.22. The zero-order valence-electron chi connectivity index (χ0n) is 12.2. The lowest BCUT2D eigenvalue weighted by atomic mass is 9.96. The Morgan fingerprint density at radius 2 is 2.05 bits per heavy atom. The molecule has 1 aliphatic rings. The van der Waals surface area contributed by atoms with Crippen LogP contribution in [0.3, 0.4) is 0 Å². The number of nitrogens with one attached hydrogen (secondary N) is 1. The van der Waals surface area contributed by atoms with Gasteiger partial charge in [0.25, 0.3) is 5.91 Å². The van der Waals surface area contributed by atoms with Gasteiger partial charge in [-0.25, -0.2) is 4.98 Å². The molecule has 118 valence electrons. The van der Waals surface area contributed by atoms with E-state index in [2.05, 4.69) is 34.6 Å². The van der Waals surface area contributed by atoms with Crippen molar-refractivity contribution >= 4 is 29.7 Å². The summed E-state index contributed by atoms with van der Waals surface area (Å²) < 4.78 is 0. The summed E-state index contributed by atoms with van der Waals surface area (Å²) in [5.74, 6) is -0.0864. The minimum absolute atomic E-state index is 0. The first-order valence-corrected chi connectivity index (χ1v) is 8.10. The third-order valence-electron chi connectivity index (χ3n) is 3.97. The summed E-state index contributed by atoms with van der Waals surface area (Å²) >= 11 is 1.50. The molecule has 0 saturated heterocycles. The van der Waals surface area contributed by atoms with Crippen LogP contribution in [0.25, 0.3) is 0 Å². The highest BCUT2D eigenvalue weighted by molar-refractivity contribution is 7.09. The zero-order chi connectivity index (χ0) is 14.7. The van der Waals surface area contributed by atoms with Crippen LogP contribution in [0.4, 0.5) is 0 Å². The van der Waals surface area contributed by atoms with E-state index < -0.39 is 0 Å². The first-order chi connectivity index (χ1) is 10.2. The minimum Gasteiger partial charge on any atom is -0.350 e. The van der Waals surface area contributed by atoms with E-state index >= 15 is 0 Å². The molecular weight excluding hydrogens is 318 g/mol. The summed E-state index contributed by atoms with van der Waals surface area (Å²) in [5.41, 5.74) is 7.45. The second kappa shape index (κ2) is 7.22. The Morgan fingerprint density at radius 3 is 2.68 bits per heavy atom. The molecule has 1 aromatic carbocycles. The molecule has 1 saturated carbocycles. The Hall–Kier alpha value is -1.43. The average molecular weight is 338 g/mol. The van der Waals surface area contributed by atoms with Gasteiger partial charge >= 0.3 is 0 Å². The first kappa shape index (κ1) is 16.9. The number of hydrogen-bond donors (Lipinski definition) is 2.